The van der Waals surface area contributed by atoms with Gasteiger partial charge in [0.1, 0.15) is 0 Å². The number of aliphatic hydroxyl groups excluding tert-OH is 1. The summed E-state index contributed by atoms with van der Waals surface area (Å²) in [5.74, 6) is 0.741. The van der Waals surface area contributed by atoms with Gasteiger partial charge in [0.15, 0.2) is 0 Å². The number of benzene rings is 1. The quantitative estimate of drug-likeness (QED) is 0.908. The molecular formula is C19H31NO. The number of likely N-dealkylation sites (tertiary alicyclic amines) is 1. The molecule has 1 saturated heterocycles. The summed E-state index contributed by atoms with van der Waals surface area (Å²) in [5, 5.41) is 10.7. The molecule has 0 aromatic heterocycles. The van der Waals surface area contributed by atoms with Crippen LogP contribution in [0.3, 0.4) is 0 Å². The topological polar surface area (TPSA) is 23.5 Å². The van der Waals surface area contributed by atoms with Gasteiger partial charge < -0.3 is 10.0 Å². The lowest BCUT2D eigenvalue weighted by atomic mass is 9.80. The number of β-amino-alcohol motifs (C(OH)–C–C–N with tert-alkyl or cyclic N) is 1. The molecule has 2 unspecified atom stereocenters. The molecule has 1 aromatic carbocycles. The number of nitrogens with zero attached hydrogens (tertiary/aromatic N) is 1. The molecule has 2 nitrogen and oxygen atoms in total. The number of aliphatic hydroxyl groups is 1. The highest BCUT2D eigenvalue weighted by Gasteiger charge is 2.32. The lowest BCUT2D eigenvalue weighted by Crippen LogP contribution is -2.29. The monoisotopic (exact) mass is 289 g/mol. The molecule has 1 aromatic rings. The maximum atomic E-state index is 10.7. The fourth-order valence-corrected chi connectivity index (χ4v) is 3.76. The van der Waals surface area contributed by atoms with Gasteiger partial charge >= 0.3 is 0 Å². The lowest BCUT2D eigenvalue weighted by molar-refractivity contribution is 0.118. The first-order valence-corrected chi connectivity index (χ1v) is 8.16. The molecule has 2 atom stereocenters. The van der Waals surface area contributed by atoms with Gasteiger partial charge in [-0.2, -0.15) is 0 Å². The molecule has 1 heterocycles. The third-order valence-corrected chi connectivity index (χ3v) is 5.00. The van der Waals surface area contributed by atoms with Crippen LogP contribution in [0.5, 0.6) is 0 Å². The highest BCUT2D eigenvalue weighted by Crippen LogP contribution is 2.34. The molecule has 21 heavy (non-hydrogen) atoms. The standard InChI is InChI=1S/C19H31NO/c1-13-9-14(2)18(15(3)10-13)17(21)12-20-8-7-16(11-20)19(4,5)6/h9-10,16-17,21H,7-8,11-12H2,1-6H3. The molecule has 118 valence electrons. The van der Waals surface area contributed by atoms with Crippen molar-refractivity contribution in [1.29, 1.82) is 0 Å². The normalized spacial score (nSPS) is 21.8. The third kappa shape index (κ3) is 3.87. The summed E-state index contributed by atoms with van der Waals surface area (Å²) in [6.07, 6.45) is 0.881. The van der Waals surface area contributed by atoms with E-state index in [1.165, 1.54) is 23.1 Å². The van der Waals surface area contributed by atoms with Gasteiger partial charge in [-0.05, 0) is 61.8 Å². The highest BCUT2D eigenvalue weighted by molar-refractivity contribution is 5.39. The predicted octanol–water partition coefficient (Wildman–Crippen LogP) is 4.01. The second kappa shape index (κ2) is 6.10. The van der Waals surface area contributed by atoms with Gasteiger partial charge in [0.05, 0.1) is 6.10 Å². The number of hydrogen-bond donors (Lipinski definition) is 1. The van der Waals surface area contributed by atoms with Gasteiger partial charge in [0.25, 0.3) is 0 Å². The van der Waals surface area contributed by atoms with Gasteiger partial charge in [0, 0.05) is 13.1 Å². The Bertz CT molecular complexity index is 478. The smallest absolute Gasteiger partial charge is 0.0922 e. The molecule has 1 aliphatic heterocycles. The summed E-state index contributed by atoms with van der Waals surface area (Å²) >= 11 is 0. The average molecular weight is 289 g/mol. The summed E-state index contributed by atoms with van der Waals surface area (Å²) in [6, 6.07) is 4.35. The van der Waals surface area contributed by atoms with E-state index in [-0.39, 0.29) is 6.10 Å². The van der Waals surface area contributed by atoms with Crippen LogP contribution in [-0.2, 0) is 0 Å². The fourth-order valence-electron chi connectivity index (χ4n) is 3.76. The van der Waals surface area contributed by atoms with Gasteiger partial charge in [0.2, 0.25) is 0 Å². The first-order valence-electron chi connectivity index (χ1n) is 8.16. The second-order valence-corrected chi connectivity index (χ2v) is 7.94. The van der Waals surface area contributed by atoms with Crippen molar-refractivity contribution in [1.82, 2.24) is 4.90 Å². The van der Waals surface area contributed by atoms with Gasteiger partial charge in [-0.25, -0.2) is 0 Å². The van der Waals surface area contributed by atoms with Crippen molar-refractivity contribution in [3.05, 3.63) is 34.4 Å². The molecule has 1 aliphatic rings. The Morgan fingerprint density at radius 1 is 1.19 bits per heavy atom. The lowest BCUT2D eigenvalue weighted by Gasteiger charge is -2.28. The van der Waals surface area contributed by atoms with E-state index in [9.17, 15) is 5.11 Å². The Hall–Kier alpha value is -0.860. The van der Waals surface area contributed by atoms with Crippen LogP contribution in [0.25, 0.3) is 0 Å². The van der Waals surface area contributed by atoms with E-state index >= 15 is 0 Å². The van der Waals surface area contributed by atoms with Crippen LogP contribution in [0, 0.1) is 32.1 Å². The fraction of sp³-hybridized carbons (Fsp3) is 0.684. The minimum atomic E-state index is -0.371. The Labute approximate surface area is 130 Å². The Morgan fingerprint density at radius 2 is 1.76 bits per heavy atom. The molecule has 2 rings (SSSR count). The van der Waals surface area contributed by atoms with Gasteiger partial charge in [-0.3, -0.25) is 0 Å². The summed E-state index contributed by atoms with van der Waals surface area (Å²) in [5.41, 5.74) is 5.20. The first-order chi connectivity index (χ1) is 9.68. The minimum Gasteiger partial charge on any atom is -0.387 e. The minimum absolute atomic E-state index is 0.370. The molecule has 1 fully saturated rings. The largest absolute Gasteiger partial charge is 0.387 e. The van der Waals surface area contributed by atoms with Crippen LogP contribution in [0.4, 0.5) is 0 Å². The summed E-state index contributed by atoms with van der Waals surface area (Å²) < 4.78 is 0. The molecule has 0 radical (unpaired) electrons. The van der Waals surface area contributed by atoms with Crippen LogP contribution < -0.4 is 0 Å². The van der Waals surface area contributed by atoms with E-state index in [1.807, 2.05) is 0 Å². The maximum absolute atomic E-state index is 10.7. The third-order valence-electron chi connectivity index (χ3n) is 5.00. The first kappa shape index (κ1) is 16.5. The Kier molecular flexibility index (Phi) is 4.79. The van der Waals surface area contributed by atoms with Crippen molar-refractivity contribution in [2.45, 2.75) is 54.1 Å². The van der Waals surface area contributed by atoms with E-state index in [2.05, 4.69) is 58.6 Å². The molecule has 0 amide bonds. The van der Waals surface area contributed by atoms with Gasteiger partial charge in [-0.15, -0.1) is 0 Å². The summed E-state index contributed by atoms with van der Waals surface area (Å²) in [6.45, 7) is 16.3. The van der Waals surface area contributed by atoms with Crippen LogP contribution in [-0.4, -0.2) is 29.6 Å². The summed E-state index contributed by atoms with van der Waals surface area (Å²) in [4.78, 5) is 2.43. The molecule has 0 aliphatic carbocycles. The van der Waals surface area contributed by atoms with E-state index in [0.717, 1.165) is 31.1 Å². The van der Waals surface area contributed by atoms with E-state index < -0.39 is 0 Å². The van der Waals surface area contributed by atoms with Crippen LogP contribution >= 0.6 is 0 Å². The second-order valence-electron chi connectivity index (χ2n) is 7.94. The van der Waals surface area contributed by atoms with E-state index in [1.54, 1.807) is 0 Å². The van der Waals surface area contributed by atoms with Crippen molar-refractivity contribution < 1.29 is 5.11 Å². The van der Waals surface area contributed by atoms with E-state index in [0.29, 0.717) is 5.41 Å². The highest BCUT2D eigenvalue weighted by atomic mass is 16.3. The van der Waals surface area contributed by atoms with E-state index in [4.69, 9.17) is 0 Å². The molecule has 0 spiro atoms. The van der Waals surface area contributed by atoms with Crippen LogP contribution in [0.2, 0.25) is 0 Å². The zero-order chi connectivity index (χ0) is 15.8. The van der Waals surface area contributed by atoms with Crippen LogP contribution in [0.1, 0.15) is 55.5 Å². The average Bonchev–Trinajstić information content (AvgIpc) is 2.75. The van der Waals surface area contributed by atoms with Gasteiger partial charge in [-0.1, -0.05) is 38.5 Å². The Morgan fingerprint density at radius 3 is 2.24 bits per heavy atom. The van der Waals surface area contributed by atoms with Crippen molar-refractivity contribution in [3.63, 3.8) is 0 Å². The molecule has 1 N–H and O–H groups in total. The van der Waals surface area contributed by atoms with Crippen molar-refractivity contribution >= 4 is 0 Å². The van der Waals surface area contributed by atoms with Crippen molar-refractivity contribution in [3.8, 4) is 0 Å². The predicted molar refractivity (Wildman–Crippen MR) is 89.6 cm³/mol. The number of hydrogen-bond acceptors (Lipinski definition) is 2. The van der Waals surface area contributed by atoms with Crippen molar-refractivity contribution in [2.75, 3.05) is 19.6 Å². The maximum Gasteiger partial charge on any atom is 0.0922 e. The molecule has 0 saturated carbocycles. The SMILES string of the molecule is Cc1cc(C)c(C(O)CN2CCC(C(C)(C)C)C2)c(C)c1. The molecular weight excluding hydrogens is 258 g/mol. The number of rotatable bonds is 3. The summed E-state index contributed by atoms with van der Waals surface area (Å²) in [7, 11) is 0. The molecule has 0 bridgehead atoms. The zero-order valence-corrected chi connectivity index (χ0v) is 14.5. The van der Waals surface area contributed by atoms with Crippen molar-refractivity contribution in [2.24, 2.45) is 11.3 Å². The zero-order valence-electron chi connectivity index (χ0n) is 14.5. The Balaban J connectivity index is 2.05. The number of aryl methyl sites for hydroxylation is 3. The molecule has 2 heteroatoms. The van der Waals surface area contributed by atoms with Crippen LogP contribution in [0.15, 0.2) is 12.1 Å².